The normalized spacial score (nSPS) is 14.5. The molecule has 1 saturated heterocycles. The summed E-state index contributed by atoms with van der Waals surface area (Å²) in [7, 11) is 3.85. The van der Waals surface area contributed by atoms with Gasteiger partial charge < -0.3 is 14.7 Å². The summed E-state index contributed by atoms with van der Waals surface area (Å²) < 4.78 is 0. The van der Waals surface area contributed by atoms with Gasteiger partial charge >= 0.3 is 0 Å². The van der Waals surface area contributed by atoms with Crippen LogP contribution in [0.5, 0.6) is 0 Å². The minimum absolute atomic E-state index is 0.373. The molecule has 0 aromatic carbocycles. The number of piperazine rings is 1. The molecule has 23 heavy (non-hydrogen) atoms. The summed E-state index contributed by atoms with van der Waals surface area (Å²) in [4.78, 5) is 23.4. The van der Waals surface area contributed by atoms with Gasteiger partial charge in [0.15, 0.2) is 11.5 Å². The van der Waals surface area contributed by atoms with Gasteiger partial charge in [0.1, 0.15) is 11.9 Å². The Morgan fingerprint density at radius 1 is 1.00 bits per heavy atom. The largest absolute Gasteiger partial charge is 0.353 e. The van der Waals surface area contributed by atoms with Gasteiger partial charge in [-0.1, -0.05) is 0 Å². The average molecular weight is 310 g/mol. The Morgan fingerprint density at radius 3 is 2.39 bits per heavy atom. The number of hydrogen-bond acceptors (Lipinski definition) is 8. The Bertz CT molecular complexity index is 715. The zero-order valence-corrected chi connectivity index (χ0v) is 13.2. The first-order chi connectivity index (χ1) is 11.2. The summed E-state index contributed by atoms with van der Waals surface area (Å²) >= 11 is 0. The number of hydrogen-bond donors (Lipinski definition) is 0. The SMILES string of the molecule is CN(C)c1nccc(N2CCN(c3nccnc3C#N)CC2)n1. The first kappa shape index (κ1) is 15.0. The van der Waals surface area contributed by atoms with Gasteiger partial charge in [0, 0.05) is 58.9 Å². The highest BCUT2D eigenvalue weighted by Gasteiger charge is 2.21. The third kappa shape index (κ3) is 3.13. The summed E-state index contributed by atoms with van der Waals surface area (Å²) in [6, 6.07) is 4.02. The molecule has 0 unspecified atom stereocenters. The van der Waals surface area contributed by atoms with Crippen LogP contribution in [0.4, 0.5) is 17.6 Å². The summed E-state index contributed by atoms with van der Waals surface area (Å²) in [6.45, 7) is 3.17. The smallest absolute Gasteiger partial charge is 0.226 e. The molecule has 0 aliphatic carbocycles. The molecule has 0 bridgehead atoms. The van der Waals surface area contributed by atoms with E-state index >= 15 is 0 Å². The molecule has 0 N–H and O–H groups in total. The minimum atomic E-state index is 0.373. The van der Waals surface area contributed by atoms with Gasteiger partial charge in [0.25, 0.3) is 0 Å². The van der Waals surface area contributed by atoms with E-state index in [0.29, 0.717) is 17.5 Å². The van der Waals surface area contributed by atoms with Gasteiger partial charge in [-0.3, -0.25) is 0 Å². The van der Waals surface area contributed by atoms with Crippen molar-refractivity contribution < 1.29 is 0 Å². The predicted molar refractivity (Wildman–Crippen MR) is 87.5 cm³/mol. The maximum absolute atomic E-state index is 9.15. The van der Waals surface area contributed by atoms with Crippen molar-refractivity contribution in [3.63, 3.8) is 0 Å². The highest BCUT2D eigenvalue weighted by molar-refractivity contribution is 5.52. The molecule has 1 aliphatic rings. The molecule has 1 fully saturated rings. The third-order valence-corrected chi connectivity index (χ3v) is 3.72. The van der Waals surface area contributed by atoms with Crippen LogP contribution < -0.4 is 14.7 Å². The van der Waals surface area contributed by atoms with Gasteiger partial charge in [-0.05, 0) is 6.07 Å². The number of rotatable bonds is 3. The van der Waals surface area contributed by atoms with Crippen LogP contribution in [0, 0.1) is 11.3 Å². The van der Waals surface area contributed by atoms with E-state index in [1.165, 1.54) is 0 Å². The number of nitrogens with zero attached hydrogens (tertiary/aromatic N) is 8. The first-order valence-electron chi connectivity index (χ1n) is 7.40. The maximum Gasteiger partial charge on any atom is 0.226 e. The summed E-state index contributed by atoms with van der Waals surface area (Å²) in [5.74, 6) is 2.28. The molecule has 1 aliphatic heterocycles. The summed E-state index contributed by atoms with van der Waals surface area (Å²) in [6.07, 6.45) is 4.94. The van der Waals surface area contributed by atoms with E-state index in [4.69, 9.17) is 5.26 Å². The molecule has 118 valence electrons. The number of anilines is 3. The second kappa shape index (κ2) is 6.44. The van der Waals surface area contributed by atoms with Crippen LogP contribution in [0.15, 0.2) is 24.7 Å². The van der Waals surface area contributed by atoms with Crippen LogP contribution in [0.2, 0.25) is 0 Å². The predicted octanol–water partition coefficient (Wildman–Crippen LogP) is 0.531. The standard InChI is InChI=1S/C15H18N8/c1-21(2)15-19-4-3-13(20-15)22-7-9-23(10-8-22)14-12(11-16)17-5-6-18-14/h3-6H,7-10H2,1-2H3. The number of nitriles is 1. The van der Waals surface area contributed by atoms with Crippen LogP contribution >= 0.6 is 0 Å². The quantitative estimate of drug-likeness (QED) is 0.811. The van der Waals surface area contributed by atoms with Crippen molar-refractivity contribution in [2.24, 2.45) is 0 Å². The van der Waals surface area contributed by atoms with Crippen LogP contribution in [0.3, 0.4) is 0 Å². The lowest BCUT2D eigenvalue weighted by Gasteiger charge is -2.36. The van der Waals surface area contributed by atoms with Gasteiger partial charge in [0.2, 0.25) is 5.95 Å². The fraction of sp³-hybridized carbons (Fsp3) is 0.400. The fourth-order valence-corrected chi connectivity index (χ4v) is 2.52. The lowest BCUT2D eigenvalue weighted by molar-refractivity contribution is 0.639. The van der Waals surface area contributed by atoms with Crippen LogP contribution in [0.1, 0.15) is 5.69 Å². The first-order valence-corrected chi connectivity index (χ1v) is 7.40. The van der Waals surface area contributed by atoms with Crippen molar-refractivity contribution in [1.29, 1.82) is 5.26 Å². The highest BCUT2D eigenvalue weighted by Crippen LogP contribution is 2.20. The van der Waals surface area contributed by atoms with Gasteiger partial charge in [0.05, 0.1) is 0 Å². The van der Waals surface area contributed by atoms with Crippen molar-refractivity contribution in [3.8, 4) is 6.07 Å². The summed E-state index contributed by atoms with van der Waals surface area (Å²) in [5.41, 5.74) is 0.373. The molecular weight excluding hydrogens is 292 g/mol. The topological polar surface area (TPSA) is 85.1 Å². The molecule has 0 amide bonds. The van der Waals surface area contributed by atoms with Crippen molar-refractivity contribution in [2.45, 2.75) is 0 Å². The average Bonchev–Trinajstić information content (AvgIpc) is 2.62. The lowest BCUT2D eigenvalue weighted by atomic mass is 10.3. The Labute approximate surface area is 135 Å². The fourth-order valence-electron chi connectivity index (χ4n) is 2.52. The van der Waals surface area contributed by atoms with Crippen LogP contribution in [0.25, 0.3) is 0 Å². The van der Waals surface area contributed by atoms with E-state index in [9.17, 15) is 0 Å². The third-order valence-electron chi connectivity index (χ3n) is 3.72. The van der Waals surface area contributed by atoms with Gasteiger partial charge in [-0.15, -0.1) is 0 Å². The van der Waals surface area contributed by atoms with E-state index < -0.39 is 0 Å². The Hall–Kier alpha value is -2.95. The van der Waals surface area contributed by atoms with Crippen LogP contribution in [-0.2, 0) is 0 Å². The second-order valence-corrected chi connectivity index (χ2v) is 5.42. The Balaban J connectivity index is 1.71. The molecule has 0 radical (unpaired) electrons. The van der Waals surface area contributed by atoms with E-state index in [0.717, 1.165) is 32.0 Å². The van der Waals surface area contributed by atoms with Crippen LogP contribution in [-0.4, -0.2) is 60.2 Å². The monoisotopic (exact) mass is 310 g/mol. The minimum Gasteiger partial charge on any atom is -0.353 e. The van der Waals surface area contributed by atoms with Crippen molar-refractivity contribution >= 4 is 17.6 Å². The Morgan fingerprint density at radius 2 is 1.70 bits per heavy atom. The molecule has 2 aromatic rings. The Kier molecular flexibility index (Phi) is 4.19. The van der Waals surface area contributed by atoms with E-state index in [-0.39, 0.29) is 0 Å². The van der Waals surface area contributed by atoms with Gasteiger partial charge in [-0.2, -0.15) is 10.2 Å². The van der Waals surface area contributed by atoms with Crippen molar-refractivity contribution in [3.05, 3.63) is 30.4 Å². The molecular formula is C15H18N8. The van der Waals surface area contributed by atoms with E-state index in [2.05, 4.69) is 35.8 Å². The molecule has 8 heteroatoms. The van der Waals surface area contributed by atoms with E-state index in [1.807, 2.05) is 25.1 Å². The van der Waals surface area contributed by atoms with E-state index in [1.54, 1.807) is 18.6 Å². The van der Waals surface area contributed by atoms with Gasteiger partial charge in [-0.25, -0.2) is 15.0 Å². The molecule has 3 heterocycles. The highest BCUT2D eigenvalue weighted by atomic mass is 15.3. The zero-order chi connectivity index (χ0) is 16.2. The molecule has 0 atom stereocenters. The number of aromatic nitrogens is 4. The van der Waals surface area contributed by atoms with Crippen molar-refractivity contribution in [1.82, 2.24) is 19.9 Å². The molecule has 0 saturated carbocycles. The molecule has 2 aromatic heterocycles. The summed E-state index contributed by atoms with van der Waals surface area (Å²) in [5, 5.41) is 9.15. The molecule has 8 nitrogen and oxygen atoms in total. The zero-order valence-electron chi connectivity index (χ0n) is 13.2. The molecule has 3 rings (SSSR count). The maximum atomic E-state index is 9.15. The second-order valence-electron chi connectivity index (χ2n) is 5.42. The lowest BCUT2D eigenvalue weighted by Crippen LogP contribution is -2.47. The van der Waals surface area contributed by atoms with Crippen molar-refractivity contribution in [2.75, 3.05) is 55.0 Å². The molecule has 0 spiro atoms.